The average molecular weight is 435 g/mol. The minimum atomic E-state index is -0.452. The van der Waals surface area contributed by atoms with Gasteiger partial charge in [0, 0.05) is 17.0 Å². The minimum Gasteiger partial charge on any atom is -0.493 e. The SMILES string of the molecule is COc1cccc([C@@H]2Oc3ccc(Cl)cc3[C@H]3CC(c4ccc(C)cc4)=NN32)c1OC. The summed E-state index contributed by atoms with van der Waals surface area (Å²) in [6.07, 6.45) is 0.314. The van der Waals surface area contributed by atoms with Crippen LogP contribution in [-0.4, -0.2) is 24.9 Å². The molecule has 0 spiro atoms. The molecular formula is C25H23ClN2O3. The summed E-state index contributed by atoms with van der Waals surface area (Å²) in [5.74, 6) is 2.11. The normalized spacial score (nSPS) is 19.2. The van der Waals surface area contributed by atoms with Gasteiger partial charge < -0.3 is 14.2 Å². The quantitative estimate of drug-likeness (QED) is 0.512. The number of para-hydroxylation sites is 1. The molecule has 2 aliphatic heterocycles. The summed E-state index contributed by atoms with van der Waals surface area (Å²) in [6.45, 7) is 2.08. The van der Waals surface area contributed by atoms with Crippen molar-refractivity contribution in [3.05, 3.63) is 87.9 Å². The highest BCUT2D eigenvalue weighted by Crippen LogP contribution is 2.50. The van der Waals surface area contributed by atoms with Crippen LogP contribution < -0.4 is 14.2 Å². The van der Waals surface area contributed by atoms with Gasteiger partial charge in [0.15, 0.2) is 11.5 Å². The summed E-state index contributed by atoms with van der Waals surface area (Å²) in [7, 11) is 3.27. The van der Waals surface area contributed by atoms with E-state index in [1.54, 1.807) is 14.2 Å². The number of methoxy groups -OCH3 is 2. The van der Waals surface area contributed by atoms with Crippen LogP contribution in [0.1, 0.15) is 40.9 Å². The number of fused-ring (bicyclic) bond motifs is 3. The van der Waals surface area contributed by atoms with E-state index in [0.29, 0.717) is 16.5 Å². The zero-order valence-corrected chi connectivity index (χ0v) is 18.4. The minimum absolute atomic E-state index is 0.0136. The number of aryl methyl sites for hydroxylation is 1. The van der Waals surface area contributed by atoms with Gasteiger partial charge in [-0.25, -0.2) is 5.01 Å². The Hall–Kier alpha value is -3.18. The van der Waals surface area contributed by atoms with E-state index in [4.69, 9.17) is 30.9 Å². The molecule has 0 N–H and O–H groups in total. The summed E-state index contributed by atoms with van der Waals surface area (Å²) in [6, 6.07) is 20.0. The van der Waals surface area contributed by atoms with Crippen molar-refractivity contribution in [1.29, 1.82) is 0 Å². The summed E-state index contributed by atoms with van der Waals surface area (Å²) in [4.78, 5) is 0. The van der Waals surface area contributed by atoms with Crippen molar-refractivity contribution >= 4 is 17.3 Å². The molecule has 0 aromatic heterocycles. The largest absolute Gasteiger partial charge is 0.493 e. The van der Waals surface area contributed by atoms with Gasteiger partial charge in [-0.15, -0.1) is 0 Å². The Balaban J connectivity index is 1.64. The fourth-order valence-electron chi connectivity index (χ4n) is 4.29. The van der Waals surface area contributed by atoms with Gasteiger partial charge in [0.1, 0.15) is 5.75 Å². The van der Waals surface area contributed by atoms with Gasteiger partial charge >= 0.3 is 0 Å². The third-order valence-electron chi connectivity index (χ3n) is 5.84. The Kier molecular flexibility index (Phi) is 4.98. The fourth-order valence-corrected chi connectivity index (χ4v) is 4.47. The molecule has 0 aliphatic carbocycles. The molecule has 3 aromatic carbocycles. The number of benzene rings is 3. The van der Waals surface area contributed by atoms with Gasteiger partial charge in [-0.3, -0.25) is 0 Å². The first-order chi connectivity index (χ1) is 15.1. The Morgan fingerprint density at radius 1 is 1.00 bits per heavy atom. The number of halogens is 1. The van der Waals surface area contributed by atoms with Crippen molar-refractivity contribution in [2.45, 2.75) is 25.6 Å². The van der Waals surface area contributed by atoms with E-state index in [1.165, 1.54) is 5.56 Å². The Labute approximate surface area is 186 Å². The van der Waals surface area contributed by atoms with Gasteiger partial charge in [0.25, 0.3) is 0 Å². The van der Waals surface area contributed by atoms with Crippen molar-refractivity contribution < 1.29 is 14.2 Å². The van der Waals surface area contributed by atoms with E-state index in [9.17, 15) is 0 Å². The lowest BCUT2D eigenvalue weighted by Gasteiger charge is -2.38. The van der Waals surface area contributed by atoms with Crippen LogP contribution in [0, 0.1) is 6.92 Å². The van der Waals surface area contributed by atoms with Crippen molar-refractivity contribution in [2.24, 2.45) is 5.10 Å². The zero-order valence-electron chi connectivity index (χ0n) is 17.6. The lowest BCUT2D eigenvalue weighted by Crippen LogP contribution is -2.34. The third kappa shape index (κ3) is 3.39. The van der Waals surface area contributed by atoms with Gasteiger partial charge in [0.2, 0.25) is 6.23 Å². The van der Waals surface area contributed by atoms with Gasteiger partial charge in [-0.2, -0.15) is 5.10 Å². The second kappa shape index (κ2) is 7.82. The number of ether oxygens (including phenoxy) is 3. The molecule has 2 aliphatic rings. The van der Waals surface area contributed by atoms with Crippen LogP contribution in [0.25, 0.3) is 0 Å². The average Bonchev–Trinajstić information content (AvgIpc) is 3.24. The molecule has 3 aromatic rings. The lowest BCUT2D eigenvalue weighted by atomic mass is 9.95. The smallest absolute Gasteiger partial charge is 0.217 e. The number of hydrazone groups is 1. The highest BCUT2D eigenvalue weighted by molar-refractivity contribution is 6.30. The molecular weight excluding hydrogens is 412 g/mol. The predicted octanol–water partition coefficient (Wildman–Crippen LogP) is 5.91. The standard InChI is InChI=1S/C25H23ClN2O3/c1-15-7-9-16(10-8-15)20-14-21-19-13-17(26)11-12-22(19)31-25(28(21)27-20)18-5-4-6-23(29-2)24(18)30-3/h4-13,21,25H,14H2,1-3H3/t21-,25+/m1/s1. The van der Waals surface area contributed by atoms with Crippen LogP contribution in [0.5, 0.6) is 17.2 Å². The highest BCUT2D eigenvalue weighted by atomic mass is 35.5. The van der Waals surface area contributed by atoms with Crippen LogP contribution in [-0.2, 0) is 0 Å². The molecule has 158 valence electrons. The molecule has 31 heavy (non-hydrogen) atoms. The second-order valence-corrected chi connectivity index (χ2v) is 8.18. The number of hydrogen-bond acceptors (Lipinski definition) is 5. The number of hydrogen-bond donors (Lipinski definition) is 0. The number of nitrogens with zero attached hydrogens (tertiary/aromatic N) is 2. The first kappa shape index (κ1) is 19.8. The third-order valence-corrected chi connectivity index (χ3v) is 6.07. The van der Waals surface area contributed by atoms with E-state index in [0.717, 1.165) is 34.6 Å². The molecule has 0 saturated carbocycles. The van der Waals surface area contributed by atoms with E-state index in [-0.39, 0.29) is 6.04 Å². The van der Waals surface area contributed by atoms with Crippen molar-refractivity contribution in [3.8, 4) is 17.2 Å². The van der Waals surface area contributed by atoms with Crippen LogP contribution in [0.2, 0.25) is 5.02 Å². The summed E-state index contributed by atoms with van der Waals surface area (Å²) < 4.78 is 17.7. The van der Waals surface area contributed by atoms with E-state index in [2.05, 4.69) is 31.2 Å². The number of rotatable bonds is 4. The monoisotopic (exact) mass is 434 g/mol. The van der Waals surface area contributed by atoms with Gasteiger partial charge in [0.05, 0.1) is 31.5 Å². The first-order valence-corrected chi connectivity index (χ1v) is 10.6. The zero-order chi connectivity index (χ0) is 21.5. The van der Waals surface area contributed by atoms with Gasteiger partial charge in [-0.05, 0) is 42.8 Å². The Morgan fingerprint density at radius 2 is 1.81 bits per heavy atom. The van der Waals surface area contributed by atoms with Crippen LogP contribution >= 0.6 is 11.6 Å². The molecule has 0 amide bonds. The summed E-state index contributed by atoms with van der Waals surface area (Å²) >= 11 is 6.33. The molecule has 6 heteroatoms. The predicted molar refractivity (Wildman–Crippen MR) is 121 cm³/mol. The maximum absolute atomic E-state index is 6.46. The molecule has 5 rings (SSSR count). The molecule has 0 bridgehead atoms. The van der Waals surface area contributed by atoms with Crippen LogP contribution in [0.4, 0.5) is 0 Å². The highest BCUT2D eigenvalue weighted by Gasteiger charge is 2.42. The topological polar surface area (TPSA) is 43.3 Å². The maximum Gasteiger partial charge on any atom is 0.217 e. The van der Waals surface area contributed by atoms with Crippen LogP contribution in [0.3, 0.4) is 0 Å². The fraction of sp³-hybridized carbons (Fsp3) is 0.240. The van der Waals surface area contributed by atoms with E-state index < -0.39 is 6.23 Å². The lowest BCUT2D eigenvalue weighted by molar-refractivity contribution is -0.0205. The summed E-state index contributed by atoms with van der Waals surface area (Å²) in [5.41, 5.74) is 5.26. The summed E-state index contributed by atoms with van der Waals surface area (Å²) in [5, 5.41) is 7.72. The van der Waals surface area contributed by atoms with Crippen molar-refractivity contribution in [3.63, 3.8) is 0 Å². The van der Waals surface area contributed by atoms with Crippen LogP contribution in [0.15, 0.2) is 65.8 Å². The van der Waals surface area contributed by atoms with E-state index in [1.807, 2.05) is 41.4 Å². The van der Waals surface area contributed by atoms with E-state index >= 15 is 0 Å². The first-order valence-electron chi connectivity index (χ1n) is 10.2. The molecule has 5 nitrogen and oxygen atoms in total. The van der Waals surface area contributed by atoms with Crippen molar-refractivity contribution in [2.75, 3.05) is 14.2 Å². The molecule has 2 heterocycles. The molecule has 2 atom stereocenters. The van der Waals surface area contributed by atoms with Gasteiger partial charge in [-0.1, -0.05) is 47.5 Å². The second-order valence-electron chi connectivity index (χ2n) is 7.75. The maximum atomic E-state index is 6.46. The molecule has 0 radical (unpaired) electrons. The van der Waals surface area contributed by atoms with Crippen molar-refractivity contribution in [1.82, 2.24) is 5.01 Å². The molecule has 0 unspecified atom stereocenters. The Morgan fingerprint density at radius 3 is 2.55 bits per heavy atom. The Bertz CT molecular complexity index is 1160. The molecule has 0 saturated heterocycles. The molecule has 0 fully saturated rings.